The summed E-state index contributed by atoms with van der Waals surface area (Å²) in [6.07, 6.45) is -2.33. The van der Waals surface area contributed by atoms with Gasteiger partial charge >= 0.3 is 41.9 Å². The van der Waals surface area contributed by atoms with Gasteiger partial charge in [0.25, 0.3) is 0 Å². The molecule has 0 N–H and O–H groups in total. The summed E-state index contributed by atoms with van der Waals surface area (Å²) < 4.78 is 0. The van der Waals surface area contributed by atoms with Crippen LogP contribution in [0.4, 0.5) is 4.79 Å². The first-order valence-corrected chi connectivity index (χ1v) is 1.61. The van der Waals surface area contributed by atoms with Crippen LogP contribution in [0.15, 0.2) is 0 Å². The van der Waals surface area contributed by atoms with Crippen LogP contribution in [-0.4, -0.2) is 35.8 Å². The van der Waals surface area contributed by atoms with Crippen molar-refractivity contribution in [2.45, 2.75) is 6.92 Å². The van der Waals surface area contributed by atoms with Gasteiger partial charge in [0.05, 0.1) is 0 Å². The van der Waals surface area contributed by atoms with Crippen LogP contribution >= 0.6 is 0 Å². The van der Waals surface area contributed by atoms with Crippen LogP contribution in [0, 0.1) is 0 Å². The second-order valence-corrected chi connectivity index (χ2v) is 0.539. The molecule has 0 amide bonds. The normalized spacial score (nSPS) is 4.67. The van der Waals surface area contributed by atoms with E-state index in [0.717, 1.165) is 0 Å². The summed E-state index contributed by atoms with van der Waals surface area (Å²) in [5, 5.41) is 25.6. The molecule has 0 spiro atoms. The van der Waals surface area contributed by atoms with Crippen molar-refractivity contribution in [2.24, 2.45) is 0 Å². The fraction of sp³-hybridized carbons (Fsp3) is 0.667. The van der Waals surface area contributed by atoms with Crippen molar-refractivity contribution in [1.82, 2.24) is 0 Å². The molecule has 0 aliphatic rings. The Morgan fingerprint density at radius 1 is 1.44 bits per heavy atom. The molecule has 0 aromatic carbocycles. The van der Waals surface area contributed by atoms with Gasteiger partial charge in [0.15, 0.2) is 0 Å². The van der Waals surface area contributed by atoms with E-state index in [0.29, 0.717) is 0 Å². The van der Waals surface area contributed by atoms with Gasteiger partial charge in [-0.3, -0.25) is 0 Å². The van der Waals surface area contributed by atoms with E-state index >= 15 is 0 Å². The van der Waals surface area contributed by atoms with Crippen molar-refractivity contribution in [3.05, 3.63) is 0 Å². The van der Waals surface area contributed by atoms with E-state index in [-0.39, 0.29) is 48.5 Å². The minimum Gasteiger partial charge on any atom is -0.855 e. The smallest absolute Gasteiger partial charge is 0.855 e. The van der Waals surface area contributed by atoms with Crippen molar-refractivity contribution in [2.75, 3.05) is 6.61 Å². The van der Waals surface area contributed by atoms with Gasteiger partial charge in [-0.1, -0.05) is 6.92 Å². The molecule has 0 aliphatic carbocycles. The fourth-order valence-corrected chi connectivity index (χ4v) is 0. The average Bonchev–Trinajstić information content (AvgIpc) is 1.33. The molecule has 0 aliphatic heterocycles. The summed E-state index contributed by atoms with van der Waals surface area (Å²) in [5.41, 5.74) is 0. The summed E-state index contributed by atoms with van der Waals surface area (Å²) in [7, 11) is 0. The fourth-order valence-electron chi connectivity index (χ4n) is 0. The van der Waals surface area contributed by atoms with Gasteiger partial charge in [0, 0.05) is 0 Å². The van der Waals surface area contributed by atoms with Gasteiger partial charge in [-0.25, -0.2) is 0 Å². The Hall–Kier alpha value is 0.594. The number of hydrogen-bond acceptors (Lipinski definition) is 4. The molecular formula is C3H5LiMgO4. The van der Waals surface area contributed by atoms with Gasteiger partial charge < -0.3 is 20.1 Å². The number of carboxylic acid groups (broad SMARTS) is 2. The Labute approximate surface area is 81.6 Å². The zero-order valence-corrected chi connectivity index (χ0v) is 6.96. The summed E-state index contributed by atoms with van der Waals surface area (Å²) in [4.78, 5) is 8.33. The molecule has 6 heteroatoms. The molecule has 4 nitrogen and oxygen atoms in total. The van der Waals surface area contributed by atoms with Crippen molar-refractivity contribution in [3.63, 3.8) is 0 Å². The monoisotopic (exact) mass is 136 g/mol. The van der Waals surface area contributed by atoms with Gasteiger partial charge in [-0.15, -0.1) is 6.61 Å². The quantitative estimate of drug-likeness (QED) is 0.310. The van der Waals surface area contributed by atoms with E-state index < -0.39 is 6.16 Å². The Bertz CT molecular complexity index is 47.1. The summed E-state index contributed by atoms with van der Waals surface area (Å²) in [5.74, 6) is 0. The van der Waals surface area contributed by atoms with E-state index in [9.17, 15) is 0 Å². The van der Waals surface area contributed by atoms with Gasteiger partial charge in [-0.05, 0) is 6.16 Å². The van der Waals surface area contributed by atoms with E-state index in [1.54, 1.807) is 6.92 Å². The molecule has 0 bridgehead atoms. The van der Waals surface area contributed by atoms with Crippen molar-refractivity contribution >= 4 is 29.2 Å². The van der Waals surface area contributed by atoms with Crippen LogP contribution < -0.4 is 34.2 Å². The molecule has 0 saturated heterocycles. The predicted octanol–water partition coefficient (Wildman–Crippen LogP) is -6.46. The van der Waals surface area contributed by atoms with Gasteiger partial charge in [0.2, 0.25) is 0 Å². The third-order valence-corrected chi connectivity index (χ3v) is 0. The minimum absolute atomic E-state index is 0. The molecule has 9 heavy (non-hydrogen) atoms. The number of rotatable bonds is 0. The molecule has 0 rings (SSSR count). The second kappa shape index (κ2) is 23.5. The van der Waals surface area contributed by atoms with Crippen LogP contribution in [0.5, 0.6) is 0 Å². The summed E-state index contributed by atoms with van der Waals surface area (Å²) >= 11 is 0. The van der Waals surface area contributed by atoms with Crippen LogP contribution in [0.25, 0.3) is 0 Å². The van der Waals surface area contributed by atoms with Crippen LogP contribution in [0.1, 0.15) is 6.92 Å². The molecule has 0 aromatic heterocycles. The first kappa shape index (κ1) is 22.6. The average molecular weight is 136 g/mol. The third kappa shape index (κ3) is 1060. The third-order valence-electron chi connectivity index (χ3n) is 0. The molecule has 0 unspecified atom stereocenters. The Morgan fingerprint density at radius 3 is 1.44 bits per heavy atom. The van der Waals surface area contributed by atoms with Crippen LogP contribution in [0.2, 0.25) is 0 Å². The maximum absolute atomic E-state index is 8.93. The summed E-state index contributed by atoms with van der Waals surface area (Å²) in [6, 6.07) is 0. The van der Waals surface area contributed by atoms with Crippen molar-refractivity contribution in [3.8, 4) is 0 Å². The number of carbonyl (C=O) groups excluding carboxylic acids is 1. The molecule has 0 aromatic rings. The Morgan fingerprint density at radius 2 is 1.44 bits per heavy atom. The Kier molecular flexibility index (Phi) is 59.1. The van der Waals surface area contributed by atoms with Crippen LogP contribution in [-0.2, 0) is 0 Å². The standard InChI is InChI=1S/C2H5O.CH2O3.Li.Mg/c1-2-3;2-1(3)4;;/h2H2,1H3;(H2,2,3,4);;/q-1;;+1;+2/p-2. The number of carbonyl (C=O) groups is 1. The zero-order chi connectivity index (χ0) is 6.28. The minimum atomic E-state index is -2.33. The second-order valence-electron chi connectivity index (χ2n) is 0.539. The Balaban J connectivity index is -0.0000000233. The van der Waals surface area contributed by atoms with E-state index in [1.807, 2.05) is 0 Å². The largest absolute Gasteiger partial charge is 2.00 e. The molecule has 0 heterocycles. The topological polar surface area (TPSA) is 86.2 Å². The molecule has 0 fully saturated rings. The summed E-state index contributed by atoms with van der Waals surface area (Å²) in [6.45, 7) is 1.57. The molecule has 44 valence electrons. The molecule has 0 saturated carbocycles. The maximum Gasteiger partial charge on any atom is 2.00 e. The zero-order valence-electron chi connectivity index (χ0n) is 5.55. The van der Waals surface area contributed by atoms with E-state index in [2.05, 4.69) is 0 Å². The molecule has 0 atom stereocenters. The van der Waals surface area contributed by atoms with E-state index in [4.69, 9.17) is 20.1 Å². The number of hydrogen-bond donors (Lipinski definition) is 0. The SMILES string of the molecule is CC[O-].O=C([O-])[O-].[Li+].[Mg+2]. The molecular weight excluding hydrogens is 131 g/mol. The van der Waals surface area contributed by atoms with Crippen LogP contribution in [0.3, 0.4) is 0 Å². The first-order valence-electron chi connectivity index (χ1n) is 1.61. The van der Waals surface area contributed by atoms with Gasteiger partial charge in [-0.2, -0.15) is 0 Å². The predicted molar refractivity (Wildman–Crippen MR) is 21.7 cm³/mol. The maximum atomic E-state index is 8.93. The van der Waals surface area contributed by atoms with Gasteiger partial charge in [0.1, 0.15) is 0 Å². The van der Waals surface area contributed by atoms with Crippen molar-refractivity contribution < 1.29 is 39.0 Å². The molecule has 0 radical (unpaired) electrons. The van der Waals surface area contributed by atoms with Crippen molar-refractivity contribution in [1.29, 1.82) is 0 Å². The van der Waals surface area contributed by atoms with E-state index in [1.165, 1.54) is 0 Å². The first-order chi connectivity index (χ1) is 3.15.